The average Bonchev–Trinajstić information content (AvgIpc) is 2.45. The van der Waals surface area contributed by atoms with Crippen molar-refractivity contribution in [3.63, 3.8) is 0 Å². The highest BCUT2D eigenvalue weighted by atomic mass is 16.5. The molecular formula is C16H27NO3. The zero-order valence-corrected chi connectivity index (χ0v) is 12.9. The van der Waals surface area contributed by atoms with Crippen molar-refractivity contribution in [1.82, 2.24) is 5.32 Å². The van der Waals surface area contributed by atoms with E-state index in [9.17, 15) is 0 Å². The maximum absolute atomic E-state index is 5.72. The van der Waals surface area contributed by atoms with Crippen molar-refractivity contribution in [3.8, 4) is 5.75 Å². The largest absolute Gasteiger partial charge is 0.491 e. The summed E-state index contributed by atoms with van der Waals surface area (Å²) in [6.07, 6.45) is 1.03. The number of benzene rings is 1. The predicted molar refractivity (Wildman–Crippen MR) is 81.6 cm³/mol. The Kier molecular flexibility index (Phi) is 9.04. The molecule has 114 valence electrons. The molecule has 0 bridgehead atoms. The Labute approximate surface area is 122 Å². The van der Waals surface area contributed by atoms with Crippen LogP contribution >= 0.6 is 0 Å². The number of ether oxygens (including phenoxy) is 3. The van der Waals surface area contributed by atoms with Crippen LogP contribution in [0.4, 0.5) is 0 Å². The fourth-order valence-corrected chi connectivity index (χ4v) is 1.80. The number of methoxy groups -OCH3 is 1. The first kappa shape index (κ1) is 17.0. The van der Waals surface area contributed by atoms with Crippen LogP contribution in [0.15, 0.2) is 18.2 Å². The van der Waals surface area contributed by atoms with Crippen molar-refractivity contribution in [2.24, 2.45) is 0 Å². The quantitative estimate of drug-likeness (QED) is 0.632. The molecule has 1 aromatic carbocycles. The second-order valence-corrected chi connectivity index (χ2v) is 4.76. The lowest BCUT2D eigenvalue weighted by molar-refractivity contribution is 0.101. The highest BCUT2D eigenvalue weighted by Crippen LogP contribution is 2.20. The van der Waals surface area contributed by atoms with Crippen molar-refractivity contribution < 1.29 is 14.2 Å². The average molecular weight is 281 g/mol. The van der Waals surface area contributed by atoms with Crippen LogP contribution in [0.2, 0.25) is 0 Å². The molecule has 0 aliphatic rings. The van der Waals surface area contributed by atoms with E-state index in [0.717, 1.165) is 31.9 Å². The van der Waals surface area contributed by atoms with E-state index >= 15 is 0 Å². The number of nitrogens with one attached hydrogen (secondary N) is 1. The molecule has 0 saturated heterocycles. The SMILES string of the molecule is COCCCNCCOCCOc1cccc(C)c1C. The Hall–Kier alpha value is -1.10. The zero-order chi connectivity index (χ0) is 14.6. The first-order valence-corrected chi connectivity index (χ1v) is 7.22. The lowest BCUT2D eigenvalue weighted by Crippen LogP contribution is -2.22. The molecule has 0 aliphatic heterocycles. The molecule has 0 amide bonds. The second kappa shape index (κ2) is 10.7. The van der Waals surface area contributed by atoms with E-state index in [2.05, 4.69) is 25.2 Å². The molecule has 0 unspecified atom stereocenters. The molecule has 4 nitrogen and oxygen atoms in total. The summed E-state index contributed by atoms with van der Waals surface area (Å²) in [4.78, 5) is 0. The van der Waals surface area contributed by atoms with Gasteiger partial charge in [-0.15, -0.1) is 0 Å². The van der Waals surface area contributed by atoms with Crippen molar-refractivity contribution in [1.29, 1.82) is 0 Å². The molecule has 0 atom stereocenters. The summed E-state index contributed by atoms with van der Waals surface area (Å²) in [6.45, 7) is 8.73. The summed E-state index contributed by atoms with van der Waals surface area (Å²) in [7, 11) is 1.72. The maximum Gasteiger partial charge on any atom is 0.122 e. The van der Waals surface area contributed by atoms with Crippen LogP contribution in [-0.2, 0) is 9.47 Å². The molecule has 0 aromatic heterocycles. The zero-order valence-electron chi connectivity index (χ0n) is 12.9. The van der Waals surface area contributed by atoms with E-state index < -0.39 is 0 Å². The Balaban J connectivity index is 1.98. The van der Waals surface area contributed by atoms with Crippen molar-refractivity contribution in [2.75, 3.05) is 46.6 Å². The summed E-state index contributed by atoms with van der Waals surface area (Å²) in [5.74, 6) is 0.950. The van der Waals surface area contributed by atoms with Gasteiger partial charge in [0.15, 0.2) is 0 Å². The fraction of sp³-hybridized carbons (Fsp3) is 0.625. The van der Waals surface area contributed by atoms with Gasteiger partial charge in [-0.3, -0.25) is 0 Å². The molecule has 1 aromatic rings. The molecule has 0 aliphatic carbocycles. The van der Waals surface area contributed by atoms with Gasteiger partial charge in [-0.1, -0.05) is 12.1 Å². The third kappa shape index (κ3) is 6.89. The number of rotatable bonds is 11. The highest BCUT2D eigenvalue weighted by molar-refractivity contribution is 5.38. The number of hydrogen-bond acceptors (Lipinski definition) is 4. The Morgan fingerprint density at radius 2 is 1.85 bits per heavy atom. The molecular weight excluding hydrogens is 254 g/mol. The third-order valence-corrected chi connectivity index (χ3v) is 3.17. The van der Waals surface area contributed by atoms with Gasteiger partial charge in [0.05, 0.1) is 13.2 Å². The van der Waals surface area contributed by atoms with E-state index in [4.69, 9.17) is 14.2 Å². The summed E-state index contributed by atoms with van der Waals surface area (Å²) in [6, 6.07) is 6.11. The van der Waals surface area contributed by atoms with Crippen LogP contribution in [0.1, 0.15) is 17.5 Å². The van der Waals surface area contributed by atoms with E-state index in [1.807, 2.05) is 12.1 Å². The van der Waals surface area contributed by atoms with Gasteiger partial charge in [-0.2, -0.15) is 0 Å². The standard InChI is InChI=1S/C16H27NO3/c1-14-6-4-7-16(15(14)2)20-13-12-19-11-9-17-8-5-10-18-3/h4,6-7,17H,5,8-13H2,1-3H3. The smallest absolute Gasteiger partial charge is 0.122 e. The van der Waals surface area contributed by atoms with Gasteiger partial charge in [0.25, 0.3) is 0 Å². The monoisotopic (exact) mass is 281 g/mol. The second-order valence-electron chi connectivity index (χ2n) is 4.76. The molecule has 0 saturated carbocycles. The topological polar surface area (TPSA) is 39.7 Å². The van der Waals surface area contributed by atoms with Crippen molar-refractivity contribution in [2.45, 2.75) is 20.3 Å². The molecule has 20 heavy (non-hydrogen) atoms. The molecule has 4 heteroatoms. The highest BCUT2D eigenvalue weighted by Gasteiger charge is 2.00. The first-order valence-electron chi connectivity index (χ1n) is 7.22. The minimum atomic E-state index is 0.591. The Morgan fingerprint density at radius 1 is 1.00 bits per heavy atom. The van der Waals surface area contributed by atoms with Gasteiger partial charge in [0, 0.05) is 20.3 Å². The van der Waals surface area contributed by atoms with Crippen LogP contribution in [0.25, 0.3) is 0 Å². The van der Waals surface area contributed by atoms with Gasteiger partial charge in [0.1, 0.15) is 12.4 Å². The van der Waals surface area contributed by atoms with Crippen LogP contribution in [0.3, 0.4) is 0 Å². The van der Waals surface area contributed by atoms with Gasteiger partial charge in [-0.25, -0.2) is 0 Å². The third-order valence-electron chi connectivity index (χ3n) is 3.17. The van der Waals surface area contributed by atoms with Crippen LogP contribution < -0.4 is 10.1 Å². The predicted octanol–water partition coefficient (Wildman–Crippen LogP) is 2.32. The van der Waals surface area contributed by atoms with Gasteiger partial charge >= 0.3 is 0 Å². The van der Waals surface area contributed by atoms with E-state index in [1.165, 1.54) is 11.1 Å². The van der Waals surface area contributed by atoms with E-state index in [-0.39, 0.29) is 0 Å². The van der Waals surface area contributed by atoms with Gasteiger partial charge in [0.2, 0.25) is 0 Å². The number of hydrogen-bond donors (Lipinski definition) is 1. The normalized spacial score (nSPS) is 10.8. The van der Waals surface area contributed by atoms with Crippen LogP contribution in [0.5, 0.6) is 5.75 Å². The molecule has 0 spiro atoms. The summed E-state index contributed by atoms with van der Waals surface area (Å²) >= 11 is 0. The Morgan fingerprint density at radius 3 is 2.65 bits per heavy atom. The summed E-state index contributed by atoms with van der Waals surface area (Å²) in [5.41, 5.74) is 2.45. The van der Waals surface area contributed by atoms with Crippen molar-refractivity contribution >= 4 is 0 Å². The van der Waals surface area contributed by atoms with Gasteiger partial charge < -0.3 is 19.5 Å². The number of aryl methyl sites for hydroxylation is 1. The van der Waals surface area contributed by atoms with E-state index in [1.54, 1.807) is 7.11 Å². The Bertz CT molecular complexity index is 369. The fourth-order valence-electron chi connectivity index (χ4n) is 1.80. The molecule has 1 N–H and O–H groups in total. The van der Waals surface area contributed by atoms with E-state index in [0.29, 0.717) is 19.8 Å². The lowest BCUT2D eigenvalue weighted by atomic mass is 10.1. The molecule has 0 fully saturated rings. The first-order chi connectivity index (χ1) is 9.75. The van der Waals surface area contributed by atoms with Crippen LogP contribution in [-0.4, -0.2) is 46.6 Å². The maximum atomic E-state index is 5.72. The van der Waals surface area contributed by atoms with Crippen LogP contribution in [0, 0.1) is 13.8 Å². The molecule has 1 rings (SSSR count). The summed E-state index contributed by atoms with van der Waals surface area (Å²) < 4.78 is 16.2. The molecule has 0 heterocycles. The summed E-state index contributed by atoms with van der Waals surface area (Å²) in [5, 5.41) is 3.30. The lowest BCUT2D eigenvalue weighted by Gasteiger charge is -2.11. The minimum absolute atomic E-state index is 0.591. The van der Waals surface area contributed by atoms with Crippen molar-refractivity contribution in [3.05, 3.63) is 29.3 Å². The molecule has 0 radical (unpaired) electrons. The van der Waals surface area contributed by atoms with Gasteiger partial charge in [-0.05, 0) is 44.0 Å². The minimum Gasteiger partial charge on any atom is -0.491 e.